The summed E-state index contributed by atoms with van der Waals surface area (Å²) in [5.74, 6) is -0.0320. The minimum Gasteiger partial charge on any atom is -0.358 e. The summed E-state index contributed by atoms with van der Waals surface area (Å²) in [6, 6.07) is 6.39. The van der Waals surface area contributed by atoms with Crippen molar-refractivity contribution < 1.29 is 13.2 Å². The molecule has 128 valence electrons. The summed E-state index contributed by atoms with van der Waals surface area (Å²) in [5.41, 5.74) is 0.967. The molecule has 0 amide bonds. The van der Waals surface area contributed by atoms with E-state index in [0.717, 1.165) is 19.3 Å². The first-order valence-corrected chi connectivity index (χ1v) is 10.4. The smallest absolute Gasteiger partial charge is 0.229 e. The van der Waals surface area contributed by atoms with Gasteiger partial charge in [-0.05, 0) is 45.0 Å². The first-order chi connectivity index (χ1) is 10.7. The molecule has 0 spiro atoms. The number of hydrogen-bond donors (Lipinski definition) is 1. The van der Waals surface area contributed by atoms with Gasteiger partial charge in [-0.3, -0.25) is 9.52 Å². The zero-order valence-electron chi connectivity index (χ0n) is 13.7. The van der Waals surface area contributed by atoms with E-state index in [0.29, 0.717) is 15.6 Å². The largest absolute Gasteiger partial charge is 0.358 e. The number of ketones is 1. The van der Waals surface area contributed by atoms with Crippen molar-refractivity contribution in [1.29, 1.82) is 0 Å². The van der Waals surface area contributed by atoms with Crippen LogP contribution >= 0.6 is 24.0 Å². The van der Waals surface area contributed by atoms with E-state index < -0.39 is 10.0 Å². The molecule has 0 aliphatic rings. The standard InChI is InChI=1S/C15H22N2O3S3/c1-5-17(6-2)15(21)22-11(3)14(18)12-7-9-13(10-8-12)16-23(4,19)20/h7-11,16H,5-6H2,1-4H3. The van der Waals surface area contributed by atoms with Gasteiger partial charge < -0.3 is 4.90 Å². The Morgan fingerprint density at radius 2 is 1.78 bits per heavy atom. The number of hydrogen-bond acceptors (Lipinski definition) is 5. The number of nitrogens with zero attached hydrogens (tertiary/aromatic N) is 1. The van der Waals surface area contributed by atoms with Crippen molar-refractivity contribution >= 4 is 49.8 Å². The van der Waals surface area contributed by atoms with Gasteiger partial charge in [0.15, 0.2) is 5.78 Å². The maximum absolute atomic E-state index is 12.4. The van der Waals surface area contributed by atoms with E-state index in [1.165, 1.54) is 11.8 Å². The maximum atomic E-state index is 12.4. The molecule has 23 heavy (non-hydrogen) atoms. The molecule has 1 aromatic carbocycles. The molecule has 0 aliphatic heterocycles. The van der Waals surface area contributed by atoms with Crippen LogP contribution in [-0.4, -0.2) is 48.0 Å². The Morgan fingerprint density at radius 3 is 2.22 bits per heavy atom. The quantitative estimate of drug-likeness (QED) is 0.585. The van der Waals surface area contributed by atoms with E-state index in [4.69, 9.17) is 12.2 Å². The van der Waals surface area contributed by atoms with Crippen LogP contribution in [0.3, 0.4) is 0 Å². The van der Waals surface area contributed by atoms with Gasteiger partial charge in [-0.15, -0.1) is 0 Å². The van der Waals surface area contributed by atoms with Gasteiger partial charge in [0.05, 0.1) is 11.5 Å². The highest BCUT2D eigenvalue weighted by Gasteiger charge is 2.19. The van der Waals surface area contributed by atoms with Crippen molar-refractivity contribution in [1.82, 2.24) is 4.90 Å². The Balaban J connectivity index is 2.75. The predicted octanol–water partition coefficient (Wildman–Crippen LogP) is 2.99. The molecule has 0 radical (unpaired) electrons. The minimum atomic E-state index is -3.32. The van der Waals surface area contributed by atoms with Crippen molar-refractivity contribution in [3.8, 4) is 0 Å². The lowest BCUT2D eigenvalue weighted by molar-refractivity contribution is 0.0994. The molecule has 1 N–H and O–H groups in total. The third-order valence-electron chi connectivity index (χ3n) is 3.14. The van der Waals surface area contributed by atoms with Gasteiger partial charge in [-0.25, -0.2) is 8.42 Å². The van der Waals surface area contributed by atoms with Gasteiger partial charge in [0.2, 0.25) is 10.0 Å². The van der Waals surface area contributed by atoms with Gasteiger partial charge in [0.1, 0.15) is 4.32 Å². The second kappa shape index (κ2) is 8.65. The fourth-order valence-electron chi connectivity index (χ4n) is 1.91. The summed E-state index contributed by atoms with van der Waals surface area (Å²) in [6.07, 6.45) is 1.08. The summed E-state index contributed by atoms with van der Waals surface area (Å²) in [4.78, 5) is 14.5. The number of anilines is 1. The van der Waals surface area contributed by atoms with E-state index >= 15 is 0 Å². The fraction of sp³-hybridized carbons (Fsp3) is 0.467. The molecule has 8 heteroatoms. The van der Waals surface area contributed by atoms with Crippen molar-refractivity contribution in [2.24, 2.45) is 0 Å². The summed E-state index contributed by atoms with van der Waals surface area (Å²) >= 11 is 6.73. The summed E-state index contributed by atoms with van der Waals surface area (Å²) in [6.45, 7) is 7.50. The molecule has 0 aromatic heterocycles. The van der Waals surface area contributed by atoms with E-state index in [9.17, 15) is 13.2 Å². The number of carbonyl (C=O) groups is 1. The Hall–Kier alpha value is -1.12. The van der Waals surface area contributed by atoms with Crippen LogP contribution < -0.4 is 4.72 Å². The number of nitrogens with one attached hydrogen (secondary N) is 1. The summed E-state index contributed by atoms with van der Waals surface area (Å²) in [5, 5.41) is -0.295. The van der Waals surface area contributed by atoms with E-state index in [1.807, 2.05) is 25.7 Å². The molecule has 0 fully saturated rings. The van der Waals surface area contributed by atoms with Crippen LogP contribution in [-0.2, 0) is 10.0 Å². The van der Waals surface area contributed by atoms with Crippen molar-refractivity contribution in [2.45, 2.75) is 26.0 Å². The van der Waals surface area contributed by atoms with Gasteiger partial charge in [0.25, 0.3) is 0 Å². The monoisotopic (exact) mass is 374 g/mol. The molecule has 1 rings (SSSR count). The lowest BCUT2D eigenvalue weighted by Crippen LogP contribution is -2.29. The summed E-state index contributed by atoms with van der Waals surface area (Å²) in [7, 11) is -3.32. The number of thiocarbonyl (C=S) groups is 1. The highest BCUT2D eigenvalue weighted by molar-refractivity contribution is 8.23. The zero-order valence-corrected chi connectivity index (χ0v) is 16.1. The second-order valence-corrected chi connectivity index (χ2v) is 8.74. The third-order valence-corrected chi connectivity index (χ3v) is 5.32. The lowest BCUT2D eigenvalue weighted by Gasteiger charge is -2.22. The number of Topliss-reactive ketones (excluding diaryl/α,β-unsaturated/α-hetero) is 1. The van der Waals surface area contributed by atoms with Crippen LogP contribution in [0.4, 0.5) is 5.69 Å². The number of sulfonamides is 1. The van der Waals surface area contributed by atoms with E-state index in [2.05, 4.69) is 4.72 Å². The number of benzene rings is 1. The van der Waals surface area contributed by atoms with E-state index in [-0.39, 0.29) is 11.0 Å². The number of thioether (sulfide) groups is 1. The third kappa shape index (κ3) is 6.48. The molecule has 1 aromatic rings. The molecule has 1 atom stereocenters. The van der Waals surface area contributed by atoms with Gasteiger partial charge in [0, 0.05) is 24.3 Å². The molecule has 0 aliphatic carbocycles. The van der Waals surface area contributed by atoms with Crippen LogP contribution in [0.25, 0.3) is 0 Å². The number of carbonyl (C=O) groups excluding carboxylic acids is 1. The molecular formula is C15H22N2O3S3. The van der Waals surface area contributed by atoms with Crippen LogP contribution in [0.2, 0.25) is 0 Å². The van der Waals surface area contributed by atoms with E-state index in [1.54, 1.807) is 24.3 Å². The Bertz CT molecular complexity index is 653. The predicted molar refractivity (Wildman–Crippen MR) is 102 cm³/mol. The van der Waals surface area contributed by atoms with Crippen molar-refractivity contribution in [2.75, 3.05) is 24.1 Å². The first kappa shape index (κ1) is 19.9. The second-order valence-electron chi connectivity index (χ2n) is 5.01. The molecular weight excluding hydrogens is 352 g/mol. The van der Waals surface area contributed by atoms with Crippen LogP contribution in [0.5, 0.6) is 0 Å². The lowest BCUT2D eigenvalue weighted by atomic mass is 10.1. The molecule has 0 bridgehead atoms. The van der Waals surface area contributed by atoms with Crippen molar-refractivity contribution in [3.05, 3.63) is 29.8 Å². The minimum absolute atomic E-state index is 0.0320. The molecule has 0 saturated carbocycles. The Kier molecular flexibility index (Phi) is 7.50. The normalized spacial score (nSPS) is 12.5. The van der Waals surface area contributed by atoms with Crippen LogP contribution in [0.1, 0.15) is 31.1 Å². The molecule has 0 saturated heterocycles. The topological polar surface area (TPSA) is 66.5 Å². The zero-order chi connectivity index (χ0) is 17.6. The highest BCUT2D eigenvalue weighted by Crippen LogP contribution is 2.21. The van der Waals surface area contributed by atoms with Crippen molar-refractivity contribution in [3.63, 3.8) is 0 Å². The average molecular weight is 375 g/mol. The fourth-order valence-corrected chi connectivity index (χ4v) is 4.12. The Labute approximate surface area is 147 Å². The highest BCUT2D eigenvalue weighted by atomic mass is 32.2. The molecule has 1 unspecified atom stereocenters. The maximum Gasteiger partial charge on any atom is 0.229 e. The van der Waals surface area contributed by atoms with Gasteiger partial charge in [-0.1, -0.05) is 24.0 Å². The summed E-state index contributed by atoms with van der Waals surface area (Å²) < 4.78 is 25.4. The number of rotatable bonds is 7. The van der Waals surface area contributed by atoms with Gasteiger partial charge in [-0.2, -0.15) is 0 Å². The average Bonchev–Trinajstić information content (AvgIpc) is 2.46. The van der Waals surface area contributed by atoms with Gasteiger partial charge >= 0.3 is 0 Å². The van der Waals surface area contributed by atoms with Crippen LogP contribution in [0, 0.1) is 0 Å². The molecule has 0 heterocycles. The first-order valence-electron chi connectivity index (χ1n) is 7.25. The SMILES string of the molecule is CCN(CC)C(=S)SC(C)C(=O)c1ccc(NS(C)(=O)=O)cc1. The van der Waals surface area contributed by atoms with Crippen LogP contribution in [0.15, 0.2) is 24.3 Å². The Morgan fingerprint density at radius 1 is 1.26 bits per heavy atom. The molecule has 5 nitrogen and oxygen atoms in total.